The lowest BCUT2D eigenvalue weighted by Gasteiger charge is -2.19. The van der Waals surface area contributed by atoms with E-state index in [1.165, 1.54) is 0 Å². The first-order valence-corrected chi connectivity index (χ1v) is 3.33. The first-order chi connectivity index (χ1) is 5.54. The van der Waals surface area contributed by atoms with Crippen LogP contribution < -0.4 is 0 Å². The second-order valence-electron chi connectivity index (χ2n) is 2.31. The molecule has 12 heavy (non-hydrogen) atoms. The Balaban J connectivity index is 4.08. The highest BCUT2D eigenvalue weighted by atomic mass is 16.5. The van der Waals surface area contributed by atoms with E-state index >= 15 is 0 Å². The highest BCUT2D eigenvalue weighted by Gasteiger charge is 2.28. The number of rotatable bonds is 5. The summed E-state index contributed by atoms with van der Waals surface area (Å²) in [7, 11) is 0. The van der Waals surface area contributed by atoms with Gasteiger partial charge in [0.1, 0.15) is 24.9 Å². The lowest BCUT2D eigenvalue weighted by molar-refractivity contribution is -0.142. The van der Waals surface area contributed by atoms with Gasteiger partial charge in [0, 0.05) is 0 Å². The molecule has 0 aliphatic rings. The van der Waals surface area contributed by atoms with Crippen LogP contribution >= 0.6 is 0 Å². The van der Waals surface area contributed by atoms with Crippen LogP contribution in [-0.2, 0) is 4.79 Å². The van der Waals surface area contributed by atoms with Crippen LogP contribution in [0.15, 0.2) is 0 Å². The van der Waals surface area contributed by atoms with Crippen LogP contribution in [0, 0.1) is 0 Å². The van der Waals surface area contributed by atoms with Crippen molar-refractivity contribution in [1.29, 1.82) is 0 Å². The van der Waals surface area contributed by atoms with Crippen molar-refractivity contribution in [1.82, 2.24) is 0 Å². The minimum absolute atomic E-state index is 0.767. The van der Waals surface area contributed by atoms with Gasteiger partial charge in [-0.25, -0.2) is 0 Å². The quantitative estimate of drug-likeness (QED) is 0.303. The number of carbonyl (C=O) groups excluding carboxylic acids is 1. The molecule has 3 atom stereocenters. The van der Waals surface area contributed by atoms with E-state index < -0.39 is 37.3 Å². The van der Waals surface area contributed by atoms with E-state index in [2.05, 4.69) is 0 Å². The normalized spacial score (nSPS) is 18.4. The number of carbonyl (C=O) groups is 1. The van der Waals surface area contributed by atoms with Crippen LogP contribution in [0.5, 0.6) is 0 Å². The van der Waals surface area contributed by atoms with E-state index in [1.807, 2.05) is 0 Å². The van der Waals surface area contributed by atoms with E-state index in [4.69, 9.17) is 25.5 Å². The van der Waals surface area contributed by atoms with Gasteiger partial charge in [-0.3, -0.25) is 4.79 Å². The Morgan fingerprint density at radius 3 is 2.17 bits per heavy atom. The summed E-state index contributed by atoms with van der Waals surface area (Å²) in [5.74, 6) is -1.00. The molecule has 72 valence electrons. The molecule has 0 aliphatic carbocycles. The predicted octanol–water partition coefficient (Wildman–Crippen LogP) is -3.38. The van der Waals surface area contributed by atoms with Crippen molar-refractivity contribution in [2.45, 2.75) is 18.3 Å². The Labute approximate surface area is 68.7 Å². The summed E-state index contributed by atoms with van der Waals surface area (Å²) in [6.45, 7) is -1.69. The molecule has 0 amide bonds. The zero-order valence-corrected chi connectivity index (χ0v) is 6.29. The van der Waals surface area contributed by atoms with Gasteiger partial charge in [-0.15, -0.1) is 0 Å². The Bertz CT molecular complexity index is 147. The average Bonchev–Trinajstić information content (AvgIpc) is 2.12. The van der Waals surface area contributed by atoms with Crippen molar-refractivity contribution in [2.24, 2.45) is 0 Å². The minimum Gasteiger partial charge on any atom is -0.394 e. The fourth-order valence-corrected chi connectivity index (χ4v) is 0.602. The Morgan fingerprint density at radius 2 is 1.83 bits per heavy atom. The first-order valence-electron chi connectivity index (χ1n) is 3.33. The summed E-state index contributed by atoms with van der Waals surface area (Å²) in [5.41, 5.74) is 0. The van der Waals surface area contributed by atoms with E-state index in [9.17, 15) is 4.79 Å². The molecule has 6 nitrogen and oxygen atoms in total. The minimum atomic E-state index is -1.86. The van der Waals surface area contributed by atoms with Gasteiger partial charge in [0.05, 0.1) is 6.61 Å². The lowest BCUT2D eigenvalue weighted by Crippen LogP contribution is -2.44. The van der Waals surface area contributed by atoms with Gasteiger partial charge in [-0.2, -0.15) is 0 Å². The second-order valence-corrected chi connectivity index (χ2v) is 2.31. The molecule has 0 aliphatic heterocycles. The molecule has 0 fully saturated rings. The Kier molecular flexibility index (Phi) is 4.95. The third-order valence-corrected chi connectivity index (χ3v) is 1.39. The highest BCUT2D eigenvalue weighted by molar-refractivity contribution is 5.84. The van der Waals surface area contributed by atoms with Crippen molar-refractivity contribution >= 4 is 5.78 Å². The summed E-state index contributed by atoms with van der Waals surface area (Å²) >= 11 is 0. The smallest absolute Gasteiger partial charge is 0.189 e. The van der Waals surface area contributed by atoms with Crippen LogP contribution in [0.2, 0.25) is 0 Å². The molecule has 0 unspecified atom stereocenters. The summed E-state index contributed by atoms with van der Waals surface area (Å²) in [4.78, 5) is 10.5. The molecule has 0 saturated heterocycles. The first kappa shape index (κ1) is 11.5. The molecule has 0 heterocycles. The van der Waals surface area contributed by atoms with E-state index in [1.54, 1.807) is 0 Å². The van der Waals surface area contributed by atoms with Crippen LogP contribution in [0.1, 0.15) is 0 Å². The van der Waals surface area contributed by atoms with Gasteiger partial charge >= 0.3 is 0 Å². The number of hydrogen-bond acceptors (Lipinski definition) is 6. The zero-order chi connectivity index (χ0) is 9.72. The van der Waals surface area contributed by atoms with Crippen LogP contribution in [0.25, 0.3) is 0 Å². The topological polar surface area (TPSA) is 118 Å². The van der Waals surface area contributed by atoms with Gasteiger partial charge < -0.3 is 25.5 Å². The van der Waals surface area contributed by atoms with Gasteiger partial charge in [0.25, 0.3) is 0 Å². The Morgan fingerprint density at radius 1 is 1.33 bits per heavy atom. The number of hydrogen-bond donors (Lipinski definition) is 5. The van der Waals surface area contributed by atoms with E-state index in [-0.39, 0.29) is 0 Å². The standard InChI is InChI=1S/C6H12O6/c7-1-3(9)5(11)6(12)4(10)2-8/h3,5-9,11-12H,1-2H2/t3-,5-,6-/m1/s1/i2+2. The summed E-state index contributed by atoms with van der Waals surface area (Å²) < 4.78 is 0. The SMILES string of the molecule is O=C([14CH2]O)[C@@H](O)[C@H](O)[C@H](O)CO. The highest BCUT2D eigenvalue weighted by Crippen LogP contribution is 2.00. The van der Waals surface area contributed by atoms with Crippen LogP contribution in [0.4, 0.5) is 0 Å². The fraction of sp³-hybridized carbons (Fsp3) is 0.833. The molecular formula is C6H12O6. The molecule has 0 aromatic carbocycles. The maximum absolute atomic E-state index is 10.5. The second kappa shape index (κ2) is 5.18. The molecule has 6 heteroatoms. The van der Waals surface area contributed by atoms with Gasteiger partial charge in [-0.05, 0) is 0 Å². The summed E-state index contributed by atoms with van der Waals surface area (Å²) in [5, 5.41) is 43.1. The molecule has 0 radical (unpaired) electrons. The van der Waals surface area contributed by atoms with Crippen molar-refractivity contribution in [3.05, 3.63) is 0 Å². The Hall–Kier alpha value is -0.530. The number of ketones is 1. The third kappa shape index (κ3) is 2.84. The maximum Gasteiger partial charge on any atom is 0.189 e. The largest absolute Gasteiger partial charge is 0.394 e. The van der Waals surface area contributed by atoms with Crippen LogP contribution in [0.3, 0.4) is 0 Å². The number of aliphatic hydroxyl groups excluding tert-OH is 5. The molecule has 0 rings (SSSR count). The molecule has 0 aromatic heterocycles. The molecular weight excluding hydrogens is 170 g/mol. The van der Waals surface area contributed by atoms with Crippen molar-refractivity contribution in [2.75, 3.05) is 13.2 Å². The molecule has 0 saturated carbocycles. The molecule has 0 spiro atoms. The van der Waals surface area contributed by atoms with Crippen LogP contribution in [-0.4, -0.2) is 62.8 Å². The fourth-order valence-electron chi connectivity index (χ4n) is 0.602. The van der Waals surface area contributed by atoms with Gasteiger partial charge in [0.15, 0.2) is 5.78 Å². The maximum atomic E-state index is 10.5. The predicted molar refractivity (Wildman–Crippen MR) is 37.2 cm³/mol. The lowest BCUT2D eigenvalue weighted by atomic mass is 10.1. The third-order valence-electron chi connectivity index (χ3n) is 1.39. The van der Waals surface area contributed by atoms with Crippen molar-refractivity contribution < 1.29 is 30.3 Å². The number of aliphatic hydroxyl groups is 5. The van der Waals surface area contributed by atoms with E-state index in [0.29, 0.717) is 0 Å². The summed E-state index contributed by atoms with van der Waals surface area (Å²) in [6.07, 6.45) is -5.22. The monoisotopic (exact) mass is 182 g/mol. The van der Waals surface area contributed by atoms with Gasteiger partial charge in [0.2, 0.25) is 0 Å². The average molecular weight is 182 g/mol. The molecule has 0 aromatic rings. The van der Waals surface area contributed by atoms with Crippen molar-refractivity contribution in [3.8, 4) is 0 Å². The zero-order valence-electron chi connectivity index (χ0n) is 6.29. The molecule has 0 bridgehead atoms. The van der Waals surface area contributed by atoms with E-state index in [0.717, 1.165) is 0 Å². The summed E-state index contributed by atoms with van der Waals surface area (Å²) in [6, 6.07) is 0. The van der Waals surface area contributed by atoms with Crippen molar-refractivity contribution in [3.63, 3.8) is 0 Å². The van der Waals surface area contributed by atoms with Gasteiger partial charge in [-0.1, -0.05) is 0 Å². The number of Topliss-reactive ketones (excluding diaryl/α,β-unsaturated/α-hetero) is 1. The molecule has 5 N–H and O–H groups in total.